The highest BCUT2D eigenvalue weighted by molar-refractivity contribution is 7.89. The summed E-state index contributed by atoms with van der Waals surface area (Å²) in [6.45, 7) is 2.63. The van der Waals surface area contributed by atoms with Crippen LogP contribution >= 0.6 is 23.2 Å². The molecule has 220 valence electrons. The van der Waals surface area contributed by atoms with Crippen molar-refractivity contribution in [3.8, 4) is 0 Å². The Kier molecular flexibility index (Phi) is 9.80. The van der Waals surface area contributed by atoms with Crippen molar-refractivity contribution in [2.24, 2.45) is 5.92 Å². The van der Waals surface area contributed by atoms with Crippen molar-refractivity contribution >= 4 is 57.1 Å². The number of carboxylic acid groups (broad SMARTS) is 1. The standard InChI is InChI=1S/C25H32Cl2N4O8S/c26-17-12-18(27)14-19(13-17)40(37,38)31-7-1-2-21(31)23(33)28-20(24(34)35)3-4-22(32)29-8-5-16(6-9-29)15-30-10-11-39-25(30)36/h12-14,16,20-21H,1-11,15H2,(H,28,33)(H,34,35)/t20-,21+/m0/s1. The van der Waals surface area contributed by atoms with Gasteiger partial charge in [0.2, 0.25) is 21.8 Å². The molecule has 3 aliphatic rings. The van der Waals surface area contributed by atoms with Crippen LogP contribution in [0.5, 0.6) is 0 Å². The Balaban J connectivity index is 1.30. The molecule has 3 amide bonds. The molecule has 0 saturated carbocycles. The summed E-state index contributed by atoms with van der Waals surface area (Å²) in [4.78, 5) is 52.6. The van der Waals surface area contributed by atoms with Gasteiger partial charge in [-0.1, -0.05) is 23.2 Å². The molecule has 0 bridgehead atoms. The van der Waals surface area contributed by atoms with Crippen molar-refractivity contribution in [3.05, 3.63) is 28.2 Å². The van der Waals surface area contributed by atoms with Crippen LogP contribution in [-0.2, 0) is 29.1 Å². The Bertz CT molecular complexity index is 1230. The average Bonchev–Trinajstić information content (AvgIpc) is 3.56. The zero-order valence-corrected chi connectivity index (χ0v) is 24.1. The van der Waals surface area contributed by atoms with E-state index in [2.05, 4.69) is 5.32 Å². The highest BCUT2D eigenvalue weighted by Crippen LogP contribution is 2.30. The third-order valence-corrected chi connectivity index (χ3v) is 9.82. The second-order valence-corrected chi connectivity index (χ2v) is 13.0. The first kappa shape index (κ1) is 30.4. The second kappa shape index (κ2) is 12.9. The van der Waals surface area contributed by atoms with Crippen LogP contribution in [0.15, 0.2) is 23.1 Å². The van der Waals surface area contributed by atoms with Crippen LogP contribution in [0.25, 0.3) is 0 Å². The average molecular weight is 620 g/mol. The molecule has 3 aliphatic heterocycles. The molecule has 0 aromatic heterocycles. The van der Waals surface area contributed by atoms with Crippen molar-refractivity contribution in [2.75, 3.05) is 39.3 Å². The number of piperidine rings is 1. The summed E-state index contributed by atoms with van der Waals surface area (Å²) in [5.41, 5.74) is 0. The summed E-state index contributed by atoms with van der Waals surface area (Å²) in [6, 6.07) is 1.41. The van der Waals surface area contributed by atoms with Crippen LogP contribution in [0.3, 0.4) is 0 Å². The van der Waals surface area contributed by atoms with Gasteiger partial charge in [-0.3, -0.25) is 9.59 Å². The Morgan fingerprint density at radius 3 is 2.33 bits per heavy atom. The molecule has 0 unspecified atom stereocenters. The molecule has 1 aromatic carbocycles. The van der Waals surface area contributed by atoms with E-state index in [1.54, 1.807) is 9.80 Å². The first-order valence-electron chi connectivity index (χ1n) is 13.2. The Morgan fingerprint density at radius 2 is 1.73 bits per heavy atom. The zero-order chi connectivity index (χ0) is 29.0. The lowest BCUT2D eigenvalue weighted by Crippen LogP contribution is -2.51. The quantitative estimate of drug-likeness (QED) is 0.404. The lowest BCUT2D eigenvalue weighted by atomic mass is 9.96. The van der Waals surface area contributed by atoms with Crippen molar-refractivity contribution in [1.29, 1.82) is 0 Å². The Labute approximate surface area is 242 Å². The maximum Gasteiger partial charge on any atom is 0.409 e. The van der Waals surface area contributed by atoms with Gasteiger partial charge in [-0.25, -0.2) is 18.0 Å². The van der Waals surface area contributed by atoms with E-state index in [1.165, 1.54) is 18.2 Å². The monoisotopic (exact) mass is 618 g/mol. The fourth-order valence-electron chi connectivity index (χ4n) is 5.32. The number of carbonyl (C=O) groups is 4. The number of nitrogens with zero attached hydrogens (tertiary/aromatic N) is 3. The summed E-state index contributed by atoms with van der Waals surface area (Å²) in [6.07, 6.45) is 1.53. The third kappa shape index (κ3) is 7.17. The number of benzene rings is 1. The number of ether oxygens (including phenoxy) is 1. The number of amides is 3. The lowest BCUT2D eigenvalue weighted by Gasteiger charge is -2.33. The first-order valence-corrected chi connectivity index (χ1v) is 15.4. The largest absolute Gasteiger partial charge is 0.480 e. The minimum atomic E-state index is -4.12. The molecule has 1 aromatic rings. The number of halogens is 2. The highest BCUT2D eigenvalue weighted by Gasteiger charge is 2.41. The number of sulfonamides is 1. The topological polar surface area (TPSA) is 154 Å². The van der Waals surface area contributed by atoms with Crippen molar-refractivity contribution < 1.29 is 37.4 Å². The number of rotatable bonds is 10. The van der Waals surface area contributed by atoms with Gasteiger partial charge < -0.3 is 25.0 Å². The summed E-state index contributed by atoms with van der Waals surface area (Å²) < 4.78 is 32.5. The van der Waals surface area contributed by atoms with Gasteiger partial charge in [0, 0.05) is 42.6 Å². The Morgan fingerprint density at radius 1 is 1.05 bits per heavy atom. The smallest absolute Gasteiger partial charge is 0.409 e. The van der Waals surface area contributed by atoms with Gasteiger partial charge in [0.25, 0.3) is 0 Å². The molecular formula is C25H32Cl2N4O8S. The molecule has 3 saturated heterocycles. The van der Waals surface area contributed by atoms with E-state index < -0.39 is 34.0 Å². The predicted octanol–water partition coefficient (Wildman–Crippen LogP) is 2.19. The predicted molar refractivity (Wildman–Crippen MR) is 144 cm³/mol. The molecule has 15 heteroatoms. The summed E-state index contributed by atoms with van der Waals surface area (Å²) in [5.74, 6) is -2.02. The molecule has 3 heterocycles. The molecule has 2 atom stereocenters. The van der Waals surface area contributed by atoms with Crippen LogP contribution in [0.2, 0.25) is 10.0 Å². The summed E-state index contributed by atoms with van der Waals surface area (Å²) >= 11 is 11.9. The Hall–Kier alpha value is -2.61. The molecule has 0 spiro atoms. The highest BCUT2D eigenvalue weighted by atomic mass is 35.5. The molecule has 0 aliphatic carbocycles. The minimum absolute atomic E-state index is 0.0790. The van der Waals surface area contributed by atoms with Crippen LogP contribution in [0.1, 0.15) is 38.5 Å². The van der Waals surface area contributed by atoms with E-state index in [4.69, 9.17) is 27.9 Å². The van der Waals surface area contributed by atoms with E-state index in [1.807, 2.05) is 0 Å². The fraction of sp³-hybridized carbons (Fsp3) is 0.600. The number of carbonyl (C=O) groups excluding carboxylic acids is 3. The minimum Gasteiger partial charge on any atom is -0.480 e. The van der Waals surface area contributed by atoms with E-state index in [-0.39, 0.29) is 58.7 Å². The second-order valence-electron chi connectivity index (χ2n) is 10.2. The number of hydrogen-bond donors (Lipinski definition) is 2. The van der Waals surface area contributed by atoms with Gasteiger partial charge in [-0.05, 0) is 56.2 Å². The van der Waals surface area contributed by atoms with Gasteiger partial charge >= 0.3 is 12.1 Å². The number of nitrogens with one attached hydrogen (secondary N) is 1. The number of likely N-dealkylation sites (tertiary alicyclic amines) is 1. The SMILES string of the molecule is O=C(O)[C@H](CCC(=O)N1CCC(CN2CCOC2=O)CC1)NC(=O)[C@H]1CCCN1S(=O)(=O)c1cc(Cl)cc(Cl)c1. The van der Waals surface area contributed by atoms with E-state index >= 15 is 0 Å². The van der Waals surface area contributed by atoms with Gasteiger partial charge in [-0.2, -0.15) is 4.31 Å². The van der Waals surface area contributed by atoms with Crippen LogP contribution in [0, 0.1) is 5.92 Å². The van der Waals surface area contributed by atoms with E-state index in [0.29, 0.717) is 39.2 Å². The number of cyclic esters (lactones) is 1. The van der Waals surface area contributed by atoms with Crippen LogP contribution < -0.4 is 5.32 Å². The fourth-order valence-corrected chi connectivity index (χ4v) is 7.71. The van der Waals surface area contributed by atoms with Crippen molar-refractivity contribution in [1.82, 2.24) is 19.4 Å². The number of hydrogen-bond acceptors (Lipinski definition) is 7. The van der Waals surface area contributed by atoms with E-state index in [0.717, 1.165) is 17.1 Å². The molecular weight excluding hydrogens is 587 g/mol. The molecule has 4 rings (SSSR count). The van der Waals surface area contributed by atoms with Crippen molar-refractivity contribution in [2.45, 2.75) is 55.5 Å². The van der Waals surface area contributed by atoms with Gasteiger partial charge in [0.15, 0.2) is 0 Å². The van der Waals surface area contributed by atoms with Gasteiger partial charge in [0.05, 0.1) is 11.4 Å². The maximum atomic E-state index is 13.2. The van der Waals surface area contributed by atoms with E-state index in [9.17, 15) is 32.7 Å². The molecule has 12 nitrogen and oxygen atoms in total. The molecule has 40 heavy (non-hydrogen) atoms. The molecule has 2 N–H and O–H groups in total. The summed E-state index contributed by atoms with van der Waals surface area (Å²) in [7, 11) is -4.12. The lowest BCUT2D eigenvalue weighted by molar-refractivity contribution is -0.143. The number of aliphatic carboxylic acids is 1. The van der Waals surface area contributed by atoms with Crippen molar-refractivity contribution in [3.63, 3.8) is 0 Å². The number of carboxylic acids is 1. The van der Waals surface area contributed by atoms with Crippen LogP contribution in [0.4, 0.5) is 4.79 Å². The first-order chi connectivity index (χ1) is 19.0. The van der Waals surface area contributed by atoms with Crippen LogP contribution in [-0.4, -0.2) is 103 Å². The maximum absolute atomic E-state index is 13.2. The molecule has 0 radical (unpaired) electrons. The van der Waals surface area contributed by atoms with Gasteiger partial charge in [-0.15, -0.1) is 0 Å². The zero-order valence-electron chi connectivity index (χ0n) is 21.8. The van der Waals surface area contributed by atoms with Gasteiger partial charge in [0.1, 0.15) is 18.7 Å². The molecule has 3 fully saturated rings. The third-order valence-electron chi connectivity index (χ3n) is 7.50. The normalized spacial score (nSPS) is 21.4. The summed E-state index contributed by atoms with van der Waals surface area (Å²) in [5, 5.41) is 12.4.